The van der Waals surface area contributed by atoms with Crippen LogP contribution < -0.4 is 5.32 Å². The van der Waals surface area contributed by atoms with Crippen molar-refractivity contribution in [1.82, 2.24) is 10.2 Å². The number of carbonyl (C=O) groups is 1. The van der Waals surface area contributed by atoms with Crippen molar-refractivity contribution in [2.45, 2.75) is 32.6 Å². The second-order valence-electron chi connectivity index (χ2n) is 6.29. The van der Waals surface area contributed by atoms with E-state index in [2.05, 4.69) is 45.2 Å². The van der Waals surface area contributed by atoms with Gasteiger partial charge in [0.15, 0.2) is 0 Å². The molecule has 1 aromatic carbocycles. The van der Waals surface area contributed by atoms with Crippen LogP contribution in [0.2, 0.25) is 0 Å². The third kappa shape index (κ3) is 4.82. The molecule has 1 N–H and O–H groups in total. The van der Waals surface area contributed by atoms with Gasteiger partial charge in [-0.1, -0.05) is 35.0 Å². The molecule has 4 heteroatoms. The summed E-state index contributed by atoms with van der Waals surface area (Å²) >= 11 is 3.51. The van der Waals surface area contributed by atoms with Crippen molar-refractivity contribution >= 4 is 21.8 Å². The molecule has 1 aliphatic rings. The Bertz CT molecular complexity index is 490. The number of likely N-dealkylation sites (tertiary alicyclic amines) is 1. The van der Waals surface area contributed by atoms with Crippen molar-refractivity contribution in [2.24, 2.45) is 11.8 Å². The molecule has 0 saturated carbocycles. The lowest BCUT2D eigenvalue weighted by Crippen LogP contribution is -2.45. The minimum atomic E-state index is 0.0997. The number of amides is 1. The van der Waals surface area contributed by atoms with Gasteiger partial charge in [0.25, 0.3) is 0 Å². The Kier molecular flexibility index (Phi) is 6.90. The normalized spacial score (nSPS) is 20.0. The van der Waals surface area contributed by atoms with Crippen LogP contribution >= 0.6 is 15.9 Å². The molecule has 1 aromatic rings. The van der Waals surface area contributed by atoms with E-state index in [1.54, 1.807) is 0 Å². The van der Waals surface area contributed by atoms with Gasteiger partial charge in [0, 0.05) is 23.5 Å². The molecule has 1 saturated heterocycles. The van der Waals surface area contributed by atoms with Crippen LogP contribution in [0.1, 0.15) is 31.7 Å². The average molecular weight is 367 g/mol. The second-order valence-corrected chi connectivity index (χ2v) is 7.21. The molecule has 22 heavy (non-hydrogen) atoms. The maximum Gasteiger partial charge on any atom is 0.226 e. The number of halogens is 1. The summed E-state index contributed by atoms with van der Waals surface area (Å²) in [5, 5.41) is 3.24. The quantitative estimate of drug-likeness (QED) is 0.835. The van der Waals surface area contributed by atoms with E-state index in [-0.39, 0.29) is 5.92 Å². The highest BCUT2D eigenvalue weighted by atomic mass is 79.9. The summed E-state index contributed by atoms with van der Waals surface area (Å²) in [6.45, 7) is 4.96. The molecule has 0 radical (unpaired) electrons. The van der Waals surface area contributed by atoms with Gasteiger partial charge < -0.3 is 10.2 Å². The maximum absolute atomic E-state index is 12.9. The van der Waals surface area contributed by atoms with Crippen molar-refractivity contribution in [1.29, 1.82) is 0 Å². The number of rotatable bonds is 6. The van der Waals surface area contributed by atoms with Crippen molar-refractivity contribution in [2.75, 3.05) is 26.7 Å². The lowest BCUT2D eigenvalue weighted by molar-refractivity contribution is -0.137. The first-order valence-electron chi connectivity index (χ1n) is 8.31. The summed E-state index contributed by atoms with van der Waals surface area (Å²) in [4.78, 5) is 15.0. The second kappa shape index (κ2) is 8.68. The van der Waals surface area contributed by atoms with E-state index in [1.165, 1.54) is 12.0 Å². The fourth-order valence-corrected chi connectivity index (χ4v) is 3.78. The highest BCUT2D eigenvalue weighted by molar-refractivity contribution is 9.10. The number of benzene rings is 1. The fraction of sp³-hybridized carbons (Fsp3) is 0.611. The van der Waals surface area contributed by atoms with Crippen molar-refractivity contribution < 1.29 is 4.79 Å². The third-order valence-corrected chi connectivity index (χ3v) is 5.03. The van der Waals surface area contributed by atoms with Crippen molar-refractivity contribution in [3.63, 3.8) is 0 Å². The zero-order chi connectivity index (χ0) is 15.9. The van der Waals surface area contributed by atoms with Gasteiger partial charge in [-0.15, -0.1) is 0 Å². The summed E-state index contributed by atoms with van der Waals surface area (Å²) < 4.78 is 1.08. The minimum absolute atomic E-state index is 0.0997. The molecule has 1 fully saturated rings. The molecule has 2 rings (SSSR count). The SMILES string of the molecule is CCC(Cc1cccc(Br)c1)C(=O)N1CCCC(CNC)C1. The van der Waals surface area contributed by atoms with Gasteiger partial charge >= 0.3 is 0 Å². The molecule has 0 aromatic heterocycles. The van der Waals surface area contributed by atoms with E-state index in [4.69, 9.17) is 0 Å². The van der Waals surface area contributed by atoms with Crippen LogP contribution in [0, 0.1) is 11.8 Å². The predicted octanol–water partition coefficient (Wildman–Crippen LogP) is 3.48. The van der Waals surface area contributed by atoms with E-state index in [0.717, 1.165) is 43.4 Å². The van der Waals surface area contributed by atoms with Crippen molar-refractivity contribution in [3.8, 4) is 0 Å². The molecular formula is C18H27BrN2O. The molecule has 2 unspecified atom stereocenters. The largest absolute Gasteiger partial charge is 0.342 e. The summed E-state index contributed by atoms with van der Waals surface area (Å²) in [5.41, 5.74) is 1.23. The zero-order valence-corrected chi connectivity index (χ0v) is 15.2. The molecule has 1 heterocycles. The fourth-order valence-electron chi connectivity index (χ4n) is 3.33. The van der Waals surface area contributed by atoms with Gasteiger partial charge in [-0.2, -0.15) is 0 Å². The molecule has 0 bridgehead atoms. The van der Waals surface area contributed by atoms with Gasteiger partial charge in [0.1, 0.15) is 0 Å². The van der Waals surface area contributed by atoms with Crippen LogP contribution in [0.4, 0.5) is 0 Å². The third-order valence-electron chi connectivity index (χ3n) is 4.54. The Morgan fingerprint density at radius 2 is 2.32 bits per heavy atom. The van der Waals surface area contributed by atoms with Gasteiger partial charge in [-0.3, -0.25) is 4.79 Å². The molecule has 2 atom stereocenters. The number of hydrogen-bond donors (Lipinski definition) is 1. The monoisotopic (exact) mass is 366 g/mol. The van der Waals surface area contributed by atoms with Crippen LogP contribution in [0.25, 0.3) is 0 Å². The van der Waals surface area contributed by atoms with Crippen LogP contribution in [0.5, 0.6) is 0 Å². The highest BCUT2D eigenvalue weighted by Gasteiger charge is 2.27. The maximum atomic E-state index is 12.9. The topological polar surface area (TPSA) is 32.3 Å². The smallest absolute Gasteiger partial charge is 0.226 e. The van der Waals surface area contributed by atoms with Gasteiger partial charge in [-0.25, -0.2) is 0 Å². The van der Waals surface area contributed by atoms with Crippen LogP contribution in [0.15, 0.2) is 28.7 Å². The highest BCUT2D eigenvalue weighted by Crippen LogP contribution is 2.22. The number of nitrogens with zero attached hydrogens (tertiary/aromatic N) is 1. The number of hydrogen-bond acceptors (Lipinski definition) is 2. The van der Waals surface area contributed by atoms with E-state index >= 15 is 0 Å². The van der Waals surface area contributed by atoms with Crippen LogP contribution in [-0.2, 0) is 11.2 Å². The minimum Gasteiger partial charge on any atom is -0.342 e. The Hall–Kier alpha value is -0.870. The lowest BCUT2D eigenvalue weighted by Gasteiger charge is -2.35. The van der Waals surface area contributed by atoms with Gasteiger partial charge in [0.2, 0.25) is 5.91 Å². The van der Waals surface area contributed by atoms with E-state index < -0.39 is 0 Å². The number of piperidine rings is 1. The van der Waals surface area contributed by atoms with E-state index in [9.17, 15) is 4.79 Å². The molecular weight excluding hydrogens is 340 g/mol. The van der Waals surface area contributed by atoms with Crippen molar-refractivity contribution in [3.05, 3.63) is 34.3 Å². The zero-order valence-electron chi connectivity index (χ0n) is 13.6. The Morgan fingerprint density at radius 1 is 1.50 bits per heavy atom. The summed E-state index contributed by atoms with van der Waals surface area (Å²) in [5.74, 6) is 1.04. The molecule has 122 valence electrons. The number of nitrogens with one attached hydrogen (secondary N) is 1. The summed E-state index contributed by atoms with van der Waals surface area (Å²) in [7, 11) is 1.99. The Morgan fingerprint density at radius 3 is 3.00 bits per heavy atom. The molecule has 0 aliphatic carbocycles. The molecule has 1 amide bonds. The molecule has 3 nitrogen and oxygen atoms in total. The van der Waals surface area contributed by atoms with Gasteiger partial charge in [-0.05, 0) is 62.9 Å². The molecule has 1 aliphatic heterocycles. The Balaban J connectivity index is 1.99. The van der Waals surface area contributed by atoms with Gasteiger partial charge in [0.05, 0.1) is 0 Å². The average Bonchev–Trinajstić information content (AvgIpc) is 2.52. The first-order chi connectivity index (χ1) is 10.6. The standard InChI is InChI=1S/C18H27BrN2O/c1-3-16(10-14-6-4-8-17(19)11-14)18(22)21-9-5-7-15(13-21)12-20-2/h4,6,8,11,15-16,20H,3,5,7,9-10,12-13H2,1-2H3. The number of carbonyl (C=O) groups excluding carboxylic acids is 1. The molecule has 0 spiro atoms. The summed E-state index contributed by atoms with van der Waals surface area (Å²) in [6.07, 6.45) is 4.10. The first kappa shape index (κ1) is 17.5. The van der Waals surface area contributed by atoms with Crippen LogP contribution in [-0.4, -0.2) is 37.5 Å². The van der Waals surface area contributed by atoms with Crippen LogP contribution in [0.3, 0.4) is 0 Å². The predicted molar refractivity (Wildman–Crippen MR) is 94.9 cm³/mol. The Labute approximate surface area is 142 Å². The first-order valence-corrected chi connectivity index (χ1v) is 9.11. The lowest BCUT2D eigenvalue weighted by atomic mass is 9.92. The summed E-state index contributed by atoms with van der Waals surface area (Å²) in [6, 6.07) is 8.30. The van der Waals surface area contributed by atoms with E-state index in [1.807, 2.05) is 19.2 Å². The van der Waals surface area contributed by atoms with E-state index in [0.29, 0.717) is 11.8 Å².